The first-order valence-corrected chi connectivity index (χ1v) is 4.83. The summed E-state index contributed by atoms with van der Waals surface area (Å²) in [4.78, 5) is 11.2. The first-order chi connectivity index (χ1) is 6.74. The van der Waals surface area contributed by atoms with E-state index in [9.17, 15) is 9.18 Å². The maximum Gasteiger partial charge on any atom is 0.339 e. The first-order valence-electron chi connectivity index (χ1n) is 3.75. The van der Waals surface area contributed by atoms with Gasteiger partial charge < -0.3 is 4.74 Å². The molecule has 0 bridgehead atoms. The van der Waals surface area contributed by atoms with Crippen LogP contribution in [-0.4, -0.2) is 12.6 Å². The van der Waals surface area contributed by atoms with Crippen LogP contribution in [0.5, 0.6) is 0 Å². The van der Waals surface area contributed by atoms with Crippen LogP contribution in [0, 0.1) is 15.7 Å². The third-order valence-corrected chi connectivity index (χ3v) is 1.78. The summed E-state index contributed by atoms with van der Waals surface area (Å²) in [6.07, 6.45) is 0. The predicted molar refractivity (Wildman–Crippen MR) is 58.5 cm³/mol. The number of carbonyl (C=O) groups is 1. The second kappa shape index (κ2) is 5.60. The van der Waals surface area contributed by atoms with Gasteiger partial charge in [-0.3, -0.25) is 0 Å². The van der Waals surface area contributed by atoms with E-state index in [1.165, 1.54) is 18.2 Å². The largest absolute Gasteiger partial charge is 0.449 e. The fourth-order valence-electron chi connectivity index (χ4n) is 0.828. The van der Waals surface area contributed by atoms with Crippen molar-refractivity contribution in [2.24, 2.45) is 0 Å². The molecule has 0 saturated heterocycles. The van der Waals surface area contributed by atoms with Gasteiger partial charge in [-0.1, -0.05) is 12.0 Å². The molecule has 4 heteroatoms. The van der Waals surface area contributed by atoms with Gasteiger partial charge in [-0.05, 0) is 22.1 Å². The Morgan fingerprint density at radius 2 is 2.36 bits per heavy atom. The van der Waals surface area contributed by atoms with Gasteiger partial charge in [0.1, 0.15) is 5.82 Å². The molecule has 0 aliphatic heterocycles. The Bertz CT molecular complexity index is 393. The summed E-state index contributed by atoms with van der Waals surface area (Å²) in [5.41, 5.74) is 0.195. The molecule has 0 heterocycles. The van der Waals surface area contributed by atoms with Crippen molar-refractivity contribution >= 4 is 28.6 Å². The van der Waals surface area contributed by atoms with Gasteiger partial charge in [0, 0.05) is 22.6 Å². The lowest BCUT2D eigenvalue weighted by Crippen LogP contribution is -2.05. The summed E-state index contributed by atoms with van der Waals surface area (Å²) in [7, 11) is 0. The zero-order valence-corrected chi connectivity index (χ0v) is 9.25. The van der Waals surface area contributed by atoms with Crippen LogP contribution in [0.25, 0.3) is 0 Å². The van der Waals surface area contributed by atoms with Crippen LogP contribution in [0.3, 0.4) is 0 Å². The van der Waals surface area contributed by atoms with E-state index in [0.29, 0.717) is 0 Å². The monoisotopic (exact) mass is 304 g/mol. The number of benzene rings is 1. The molecule has 1 aromatic carbocycles. The number of halogens is 2. The number of esters is 1. The van der Waals surface area contributed by atoms with E-state index in [-0.39, 0.29) is 12.2 Å². The Kier molecular flexibility index (Phi) is 4.40. The Morgan fingerprint density at radius 3 is 3.00 bits per heavy atom. The molecule has 14 heavy (non-hydrogen) atoms. The van der Waals surface area contributed by atoms with Crippen LogP contribution in [0.2, 0.25) is 0 Å². The van der Waals surface area contributed by atoms with E-state index in [2.05, 4.69) is 9.85 Å². The van der Waals surface area contributed by atoms with E-state index in [1.54, 1.807) is 0 Å². The van der Waals surface area contributed by atoms with E-state index >= 15 is 0 Å². The van der Waals surface area contributed by atoms with Crippen molar-refractivity contribution in [2.45, 2.75) is 0 Å². The third-order valence-electron chi connectivity index (χ3n) is 1.40. The molecule has 2 nitrogen and oxygen atoms in total. The van der Waals surface area contributed by atoms with Gasteiger partial charge in [0.15, 0.2) is 6.61 Å². The van der Waals surface area contributed by atoms with Crippen LogP contribution in [-0.2, 0) is 4.74 Å². The SMILES string of the molecule is O=C(OCC#CI)c1cccc(F)c1. The van der Waals surface area contributed by atoms with E-state index < -0.39 is 11.8 Å². The lowest BCUT2D eigenvalue weighted by Gasteiger charge is -1.99. The van der Waals surface area contributed by atoms with Crippen molar-refractivity contribution in [1.82, 2.24) is 0 Å². The molecule has 72 valence electrons. The molecule has 1 aromatic rings. The van der Waals surface area contributed by atoms with Crippen LogP contribution in [0.4, 0.5) is 4.39 Å². The minimum Gasteiger partial charge on any atom is -0.449 e. The van der Waals surface area contributed by atoms with Crippen molar-refractivity contribution in [2.75, 3.05) is 6.61 Å². The lowest BCUT2D eigenvalue weighted by atomic mass is 10.2. The second-order valence-corrected chi connectivity index (χ2v) is 2.90. The summed E-state index contributed by atoms with van der Waals surface area (Å²) >= 11 is 1.84. The van der Waals surface area contributed by atoms with Crippen LogP contribution in [0.1, 0.15) is 10.4 Å². The quantitative estimate of drug-likeness (QED) is 0.476. The molecule has 1 rings (SSSR count). The van der Waals surface area contributed by atoms with Crippen LogP contribution < -0.4 is 0 Å². The molecule has 0 radical (unpaired) electrons. The van der Waals surface area contributed by atoms with E-state index in [4.69, 9.17) is 4.74 Å². The lowest BCUT2D eigenvalue weighted by molar-refractivity contribution is 0.0556. The van der Waals surface area contributed by atoms with Gasteiger partial charge in [0.2, 0.25) is 0 Å². The topological polar surface area (TPSA) is 26.3 Å². The van der Waals surface area contributed by atoms with Crippen molar-refractivity contribution in [1.29, 1.82) is 0 Å². The molecule has 0 saturated carbocycles. The average Bonchev–Trinajstić information content (AvgIpc) is 2.18. The summed E-state index contributed by atoms with van der Waals surface area (Å²) in [6.45, 7) is 0.0261. The van der Waals surface area contributed by atoms with Gasteiger partial charge in [0.25, 0.3) is 0 Å². The molecule has 0 spiro atoms. The maximum atomic E-state index is 12.7. The Balaban J connectivity index is 2.63. The minimum atomic E-state index is -0.566. The van der Waals surface area contributed by atoms with E-state index in [1.807, 2.05) is 22.6 Å². The molecular formula is C10H6FIO2. The molecule has 0 aromatic heterocycles. The fraction of sp³-hybridized carbons (Fsp3) is 0.100. The van der Waals surface area contributed by atoms with Gasteiger partial charge in [-0.15, -0.1) is 0 Å². The molecular weight excluding hydrogens is 298 g/mol. The zero-order chi connectivity index (χ0) is 10.4. The number of hydrogen-bond acceptors (Lipinski definition) is 2. The van der Waals surface area contributed by atoms with Crippen LogP contribution >= 0.6 is 22.6 Å². The molecule has 0 amide bonds. The third kappa shape index (κ3) is 3.34. The standard InChI is InChI=1S/C10H6FIO2/c11-9-4-1-3-8(7-9)10(13)14-6-2-5-12/h1,3-4,7H,6H2. The summed E-state index contributed by atoms with van der Waals surface area (Å²) in [6, 6.07) is 5.33. The van der Waals surface area contributed by atoms with Crippen molar-refractivity contribution in [3.8, 4) is 9.85 Å². The number of ether oxygens (including phenoxy) is 1. The molecule has 0 atom stereocenters. The Hall–Kier alpha value is -1.09. The Morgan fingerprint density at radius 1 is 1.57 bits per heavy atom. The van der Waals surface area contributed by atoms with Gasteiger partial charge in [-0.2, -0.15) is 0 Å². The van der Waals surface area contributed by atoms with Crippen molar-refractivity contribution < 1.29 is 13.9 Å². The van der Waals surface area contributed by atoms with Crippen LogP contribution in [0.15, 0.2) is 24.3 Å². The summed E-state index contributed by atoms with van der Waals surface area (Å²) in [5, 5.41) is 0. The highest BCUT2D eigenvalue weighted by Gasteiger charge is 2.06. The minimum absolute atomic E-state index is 0.0261. The number of hydrogen-bond donors (Lipinski definition) is 0. The molecule has 0 fully saturated rings. The van der Waals surface area contributed by atoms with Crippen molar-refractivity contribution in [3.05, 3.63) is 35.6 Å². The predicted octanol–water partition coefficient (Wildman–Crippen LogP) is 2.38. The molecule has 0 aliphatic carbocycles. The summed E-state index contributed by atoms with van der Waals surface area (Å²) < 4.78 is 20.0. The Labute approximate surface area is 94.6 Å². The fourth-order valence-corrected chi connectivity index (χ4v) is 0.983. The molecule has 0 N–H and O–H groups in total. The average molecular weight is 304 g/mol. The summed E-state index contributed by atoms with van der Waals surface area (Å²) in [5.74, 6) is 1.54. The van der Waals surface area contributed by atoms with E-state index in [0.717, 1.165) is 6.07 Å². The number of carbonyl (C=O) groups excluding carboxylic acids is 1. The highest BCUT2D eigenvalue weighted by Crippen LogP contribution is 2.04. The molecule has 0 aliphatic rings. The normalized spacial score (nSPS) is 8.71. The maximum absolute atomic E-state index is 12.7. The van der Waals surface area contributed by atoms with Gasteiger partial charge in [0.05, 0.1) is 5.56 Å². The second-order valence-electron chi connectivity index (χ2n) is 2.36. The van der Waals surface area contributed by atoms with Gasteiger partial charge in [-0.25, -0.2) is 9.18 Å². The molecule has 0 unspecified atom stereocenters. The van der Waals surface area contributed by atoms with Crippen molar-refractivity contribution in [3.63, 3.8) is 0 Å². The highest BCUT2D eigenvalue weighted by molar-refractivity contribution is 14.1. The first kappa shape index (κ1) is 11.0. The van der Waals surface area contributed by atoms with Gasteiger partial charge >= 0.3 is 5.97 Å². The smallest absolute Gasteiger partial charge is 0.339 e. The highest BCUT2D eigenvalue weighted by atomic mass is 127. The number of rotatable bonds is 2. The zero-order valence-electron chi connectivity index (χ0n) is 7.09.